The molecule has 0 radical (unpaired) electrons. The summed E-state index contributed by atoms with van der Waals surface area (Å²) >= 11 is 6.03. The van der Waals surface area contributed by atoms with E-state index < -0.39 is 21.2 Å². The third-order valence-electron chi connectivity index (χ3n) is 3.48. The van der Waals surface area contributed by atoms with E-state index in [1.165, 1.54) is 36.0 Å². The summed E-state index contributed by atoms with van der Waals surface area (Å²) < 4.78 is 37.6. The predicted octanol–water partition coefficient (Wildman–Crippen LogP) is 2.19. The van der Waals surface area contributed by atoms with Crippen LogP contribution in [0.3, 0.4) is 0 Å². The Balaban J connectivity index is 2.33. The minimum atomic E-state index is -3.60. The first-order valence-corrected chi connectivity index (χ1v) is 8.97. The van der Waals surface area contributed by atoms with E-state index in [-0.39, 0.29) is 21.4 Å². The topological polar surface area (TPSA) is 81.9 Å². The number of fused-ring (bicyclic) bond motifs is 1. The molecular formula is C15H11ClFN3O3S. The van der Waals surface area contributed by atoms with Gasteiger partial charge in [0.05, 0.1) is 5.02 Å². The average Bonchev–Trinajstić information content (AvgIpc) is 2.50. The zero-order chi connectivity index (χ0) is 17.6. The second-order valence-electron chi connectivity index (χ2n) is 5.25. The van der Waals surface area contributed by atoms with Crippen molar-refractivity contribution in [3.8, 4) is 11.1 Å². The van der Waals surface area contributed by atoms with Crippen molar-refractivity contribution in [1.29, 1.82) is 0 Å². The van der Waals surface area contributed by atoms with E-state index >= 15 is 0 Å². The van der Waals surface area contributed by atoms with Gasteiger partial charge in [0.1, 0.15) is 11.5 Å². The molecule has 24 heavy (non-hydrogen) atoms. The van der Waals surface area contributed by atoms with Gasteiger partial charge in [-0.2, -0.15) is 4.98 Å². The highest BCUT2D eigenvalue weighted by Gasteiger charge is 2.16. The van der Waals surface area contributed by atoms with Gasteiger partial charge in [-0.1, -0.05) is 11.6 Å². The monoisotopic (exact) mass is 367 g/mol. The van der Waals surface area contributed by atoms with Gasteiger partial charge < -0.3 is 0 Å². The second kappa shape index (κ2) is 5.64. The molecule has 9 heteroatoms. The Bertz CT molecular complexity index is 1140. The molecule has 0 saturated heterocycles. The average molecular weight is 368 g/mol. The molecule has 0 aliphatic rings. The highest BCUT2D eigenvalue weighted by Crippen LogP contribution is 2.28. The van der Waals surface area contributed by atoms with Gasteiger partial charge in [0.2, 0.25) is 15.0 Å². The Morgan fingerprint density at radius 3 is 2.54 bits per heavy atom. The molecule has 0 amide bonds. The zero-order valence-corrected chi connectivity index (χ0v) is 14.2. The number of aryl methyl sites for hydroxylation is 1. The van der Waals surface area contributed by atoms with Gasteiger partial charge in [0.15, 0.2) is 0 Å². The fourth-order valence-corrected chi connectivity index (χ4v) is 3.08. The Hall–Kier alpha value is -2.32. The molecule has 0 bridgehead atoms. The van der Waals surface area contributed by atoms with Crippen LogP contribution < -0.4 is 5.56 Å². The fraction of sp³-hybridized carbons (Fsp3) is 0.133. The van der Waals surface area contributed by atoms with Gasteiger partial charge in [-0.05, 0) is 24.3 Å². The summed E-state index contributed by atoms with van der Waals surface area (Å²) in [5, 5.41) is 0.192. The van der Waals surface area contributed by atoms with Crippen molar-refractivity contribution >= 4 is 32.5 Å². The van der Waals surface area contributed by atoms with Crippen LogP contribution in [0, 0.1) is 5.82 Å². The molecule has 3 aromatic rings. The summed E-state index contributed by atoms with van der Waals surface area (Å²) in [4.78, 5) is 20.3. The summed E-state index contributed by atoms with van der Waals surface area (Å²) in [6.07, 6.45) is 2.30. The third kappa shape index (κ3) is 2.78. The number of aromatic nitrogens is 3. The molecule has 3 rings (SSSR count). The van der Waals surface area contributed by atoms with Crippen LogP contribution in [0.5, 0.6) is 0 Å². The predicted molar refractivity (Wildman–Crippen MR) is 88.3 cm³/mol. The maximum atomic E-state index is 13.2. The molecule has 0 aliphatic heterocycles. The molecule has 0 saturated carbocycles. The highest BCUT2D eigenvalue weighted by atomic mass is 35.5. The van der Waals surface area contributed by atoms with Gasteiger partial charge in [-0.15, -0.1) is 0 Å². The second-order valence-corrected chi connectivity index (χ2v) is 7.57. The smallest absolute Gasteiger partial charge is 0.259 e. The van der Waals surface area contributed by atoms with Crippen LogP contribution in [-0.2, 0) is 16.9 Å². The SMILES string of the molecule is Cn1c(=O)c(-c2ccc(F)cc2Cl)cc2cnc(S(C)(=O)=O)nc21. The number of pyridine rings is 1. The number of hydrogen-bond donors (Lipinski definition) is 0. The minimum Gasteiger partial charge on any atom is -0.295 e. The Kier molecular flexibility index (Phi) is 3.89. The van der Waals surface area contributed by atoms with E-state index in [4.69, 9.17) is 11.6 Å². The van der Waals surface area contributed by atoms with Gasteiger partial charge >= 0.3 is 0 Å². The summed E-state index contributed by atoms with van der Waals surface area (Å²) in [6.45, 7) is 0. The van der Waals surface area contributed by atoms with Crippen LogP contribution in [-0.4, -0.2) is 29.2 Å². The lowest BCUT2D eigenvalue weighted by Gasteiger charge is -2.10. The lowest BCUT2D eigenvalue weighted by molar-refractivity contribution is 0.593. The molecule has 0 spiro atoms. The van der Waals surface area contributed by atoms with Crippen molar-refractivity contribution in [1.82, 2.24) is 14.5 Å². The lowest BCUT2D eigenvalue weighted by atomic mass is 10.1. The molecule has 6 nitrogen and oxygen atoms in total. The maximum Gasteiger partial charge on any atom is 0.259 e. The number of hydrogen-bond acceptors (Lipinski definition) is 5. The minimum absolute atomic E-state index is 0.0973. The first kappa shape index (κ1) is 16.5. The molecule has 0 aliphatic carbocycles. The first-order valence-electron chi connectivity index (χ1n) is 6.71. The number of nitrogens with zero attached hydrogens (tertiary/aromatic N) is 3. The molecule has 2 aromatic heterocycles. The van der Waals surface area contributed by atoms with Crippen LogP contribution >= 0.6 is 11.6 Å². The van der Waals surface area contributed by atoms with Gasteiger partial charge in [0.25, 0.3) is 5.56 Å². The summed E-state index contributed by atoms with van der Waals surface area (Å²) in [6, 6.07) is 5.23. The van der Waals surface area contributed by atoms with E-state index in [1.54, 1.807) is 0 Å². The van der Waals surface area contributed by atoms with Crippen molar-refractivity contribution in [3.63, 3.8) is 0 Å². The normalized spacial score (nSPS) is 11.8. The molecule has 0 atom stereocenters. The lowest BCUT2D eigenvalue weighted by Crippen LogP contribution is -2.20. The molecule has 0 unspecified atom stereocenters. The maximum absolute atomic E-state index is 13.2. The number of benzene rings is 1. The number of sulfone groups is 1. The van der Waals surface area contributed by atoms with Gasteiger partial charge in [0, 0.05) is 36.0 Å². The molecule has 0 N–H and O–H groups in total. The summed E-state index contributed by atoms with van der Waals surface area (Å²) in [5.41, 5.74) is 0.352. The van der Waals surface area contributed by atoms with Crippen molar-refractivity contribution in [2.45, 2.75) is 5.16 Å². The Labute approximate surface area is 141 Å². The molecule has 0 fully saturated rings. The number of rotatable bonds is 2. The van der Waals surface area contributed by atoms with Crippen LogP contribution in [0.1, 0.15) is 0 Å². The van der Waals surface area contributed by atoms with E-state index in [0.717, 1.165) is 12.3 Å². The van der Waals surface area contributed by atoms with E-state index in [2.05, 4.69) is 9.97 Å². The van der Waals surface area contributed by atoms with E-state index in [9.17, 15) is 17.6 Å². The Morgan fingerprint density at radius 1 is 1.21 bits per heavy atom. The standard InChI is InChI=1S/C15H11ClFN3O3S/c1-20-13-8(7-18-15(19-13)24(2,22)23)5-11(14(20)21)10-4-3-9(17)6-12(10)16/h3-7H,1-2H3. The van der Waals surface area contributed by atoms with E-state index in [0.29, 0.717) is 10.9 Å². The van der Waals surface area contributed by atoms with Crippen molar-refractivity contribution < 1.29 is 12.8 Å². The fourth-order valence-electron chi connectivity index (χ4n) is 2.31. The zero-order valence-electron chi connectivity index (χ0n) is 12.6. The number of halogens is 2. The van der Waals surface area contributed by atoms with Crippen LogP contribution in [0.4, 0.5) is 4.39 Å². The molecule has 124 valence electrons. The van der Waals surface area contributed by atoms with Crippen molar-refractivity contribution in [2.24, 2.45) is 7.05 Å². The van der Waals surface area contributed by atoms with Crippen LogP contribution in [0.15, 0.2) is 40.4 Å². The van der Waals surface area contributed by atoms with E-state index in [1.807, 2.05) is 0 Å². The Morgan fingerprint density at radius 2 is 1.92 bits per heavy atom. The quantitative estimate of drug-likeness (QED) is 0.648. The summed E-state index contributed by atoms with van der Waals surface area (Å²) in [7, 11) is -2.14. The van der Waals surface area contributed by atoms with Crippen LogP contribution in [0.25, 0.3) is 22.2 Å². The van der Waals surface area contributed by atoms with Crippen molar-refractivity contribution in [3.05, 3.63) is 51.7 Å². The van der Waals surface area contributed by atoms with Gasteiger partial charge in [-0.3, -0.25) is 9.36 Å². The first-order chi connectivity index (χ1) is 11.2. The highest BCUT2D eigenvalue weighted by molar-refractivity contribution is 7.90. The molecule has 2 heterocycles. The largest absolute Gasteiger partial charge is 0.295 e. The summed E-state index contributed by atoms with van der Waals surface area (Å²) in [5.74, 6) is -0.512. The molecule has 1 aromatic carbocycles. The van der Waals surface area contributed by atoms with Crippen LogP contribution in [0.2, 0.25) is 5.02 Å². The molecular weight excluding hydrogens is 357 g/mol. The van der Waals surface area contributed by atoms with Crippen molar-refractivity contribution in [2.75, 3.05) is 6.26 Å². The van der Waals surface area contributed by atoms with Gasteiger partial charge in [-0.25, -0.2) is 17.8 Å². The third-order valence-corrected chi connectivity index (χ3v) is 4.65.